The van der Waals surface area contributed by atoms with Crippen LogP contribution in [0.15, 0.2) is 12.3 Å². The summed E-state index contributed by atoms with van der Waals surface area (Å²) >= 11 is 0. The Kier molecular flexibility index (Phi) is 5.94. The molecule has 1 saturated heterocycles. The molecular weight excluding hydrogens is 438 g/mol. The van der Waals surface area contributed by atoms with Gasteiger partial charge in [-0.15, -0.1) is 0 Å². The summed E-state index contributed by atoms with van der Waals surface area (Å²) in [6.07, 6.45) is -6.22. The van der Waals surface area contributed by atoms with Crippen molar-refractivity contribution in [2.45, 2.75) is 74.8 Å². The third kappa shape index (κ3) is 4.33. The number of nitrogens with zero attached hydrogens (tertiary/aromatic N) is 3. The van der Waals surface area contributed by atoms with Crippen molar-refractivity contribution in [2.24, 2.45) is 13.0 Å². The molecule has 0 aromatic carbocycles. The van der Waals surface area contributed by atoms with Crippen molar-refractivity contribution in [2.75, 3.05) is 6.61 Å². The standard InChI is InChI=1S/C21H26F6N4O/c1-31-17(19(7-8-19)21(25,26)27)9-14-18(31)30-15(10-28-14)13-4-2-3-12(16(11-32)29-13)5-6-20(22,23)24/h9-10,12-13,16,29,32H,2-8,11H2,1H3/t12-,13-,16-/m0/s1. The summed E-state index contributed by atoms with van der Waals surface area (Å²) in [4.78, 5) is 8.90. The fourth-order valence-electron chi connectivity index (χ4n) is 4.92. The van der Waals surface area contributed by atoms with E-state index in [0.717, 1.165) is 0 Å². The number of aliphatic hydroxyl groups is 1. The molecule has 5 nitrogen and oxygen atoms in total. The second-order valence-electron chi connectivity index (χ2n) is 9.03. The zero-order valence-corrected chi connectivity index (χ0v) is 17.6. The van der Waals surface area contributed by atoms with Gasteiger partial charge in [-0.05, 0) is 44.1 Å². The summed E-state index contributed by atoms with van der Waals surface area (Å²) in [5.74, 6) is -0.327. The number of alkyl halides is 6. The molecule has 0 amide bonds. The molecule has 0 unspecified atom stereocenters. The van der Waals surface area contributed by atoms with Crippen LogP contribution < -0.4 is 5.32 Å². The average Bonchev–Trinajstić information content (AvgIpc) is 3.49. The summed E-state index contributed by atoms with van der Waals surface area (Å²) in [6, 6.07) is 0.568. The molecule has 3 heterocycles. The largest absolute Gasteiger partial charge is 0.399 e. The topological polar surface area (TPSA) is 63.0 Å². The lowest BCUT2D eigenvalue weighted by Crippen LogP contribution is -2.40. The fourth-order valence-corrected chi connectivity index (χ4v) is 4.92. The van der Waals surface area contributed by atoms with E-state index in [0.29, 0.717) is 36.1 Å². The highest BCUT2D eigenvalue weighted by molar-refractivity contribution is 5.74. The van der Waals surface area contributed by atoms with Crippen LogP contribution in [0.2, 0.25) is 0 Å². The molecule has 2 aromatic rings. The van der Waals surface area contributed by atoms with Gasteiger partial charge in [0.2, 0.25) is 0 Å². The van der Waals surface area contributed by atoms with Crippen LogP contribution in [-0.2, 0) is 12.5 Å². The van der Waals surface area contributed by atoms with Crippen molar-refractivity contribution in [3.63, 3.8) is 0 Å². The molecule has 2 aromatic heterocycles. The SMILES string of the molecule is Cn1c(C2(C(F)(F)F)CC2)cc2ncc([C@@H]3CCC[C@@H](CCC(F)(F)F)[C@H](CO)N3)nc21. The Morgan fingerprint density at radius 2 is 1.91 bits per heavy atom. The van der Waals surface area contributed by atoms with E-state index in [4.69, 9.17) is 0 Å². The zero-order valence-electron chi connectivity index (χ0n) is 17.6. The summed E-state index contributed by atoms with van der Waals surface area (Å²) in [5, 5.41) is 13.0. The number of nitrogens with one attached hydrogen (secondary N) is 1. The minimum Gasteiger partial charge on any atom is -0.395 e. The molecule has 0 bridgehead atoms. The van der Waals surface area contributed by atoms with Crippen LogP contribution in [0.25, 0.3) is 11.2 Å². The quantitative estimate of drug-likeness (QED) is 0.630. The van der Waals surface area contributed by atoms with E-state index in [-0.39, 0.29) is 43.5 Å². The molecule has 178 valence electrons. The molecule has 3 atom stereocenters. The van der Waals surface area contributed by atoms with Crippen molar-refractivity contribution in [3.8, 4) is 0 Å². The Bertz CT molecular complexity index is 966. The summed E-state index contributed by atoms with van der Waals surface area (Å²) < 4.78 is 80.2. The minimum atomic E-state index is -4.35. The van der Waals surface area contributed by atoms with Crippen LogP contribution in [0.5, 0.6) is 0 Å². The van der Waals surface area contributed by atoms with Crippen LogP contribution in [0.3, 0.4) is 0 Å². The highest BCUT2D eigenvalue weighted by Crippen LogP contribution is 2.59. The molecule has 2 aliphatic rings. The molecule has 1 aliphatic carbocycles. The maximum absolute atomic E-state index is 13.6. The number of aryl methyl sites for hydroxylation is 1. The number of rotatable bonds is 5. The van der Waals surface area contributed by atoms with E-state index in [1.54, 1.807) is 7.05 Å². The van der Waals surface area contributed by atoms with Gasteiger partial charge in [-0.3, -0.25) is 4.98 Å². The van der Waals surface area contributed by atoms with Crippen LogP contribution in [-0.4, -0.2) is 44.6 Å². The zero-order chi connectivity index (χ0) is 23.3. The van der Waals surface area contributed by atoms with Gasteiger partial charge < -0.3 is 15.0 Å². The van der Waals surface area contributed by atoms with E-state index < -0.39 is 30.2 Å². The first-order valence-corrected chi connectivity index (χ1v) is 10.8. The van der Waals surface area contributed by atoms with Gasteiger partial charge in [-0.1, -0.05) is 6.42 Å². The molecule has 4 rings (SSSR count). The van der Waals surface area contributed by atoms with Crippen LogP contribution in [0.1, 0.15) is 62.4 Å². The van der Waals surface area contributed by atoms with Crippen molar-refractivity contribution in [1.82, 2.24) is 19.9 Å². The Balaban J connectivity index is 1.58. The molecule has 2 fully saturated rings. The highest BCUT2D eigenvalue weighted by Gasteiger charge is 2.65. The van der Waals surface area contributed by atoms with Crippen LogP contribution in [0, 0.1) is 5.92 Å². The van der Waals surface area contributed by atoms with Crippen molar-refractivity contribution < 1.29 is 31.4 Å². The van der Waals surface area contributed by atoms with Gasteiger partial charge in [0, 0.05) is 25.2 Å². The monoisotopic (exact) mass is 464 g/mol. The normalized spacial score (nSPS) is 26.3. The van der Waals surface area contributed by atoms with Crippen LogP contribution >= 0.6 is 0 Å². The van der Waals surface area contributed by atoms with Gasteiger partial charge in [0.05, 0.1) is 24.5 Å². The maximum Gasteiger partial charge on any atom is 0.399 e. The third-order valence-corrected chi connectivity index (χ3v) is 6.94. The van der Waals surface area contributed by atoms with Gasteiger partial charge >= 0.3 is 12.4 Å². The fraction of sp³-hybridized carbons (Fsp3) is 0.714. The molecule has 1 aliphatic heterocycles. The first kappa shape index (κ1) is 23.3. The van der Waals surface area contributed by atoms with Crippen molar-refractivity contribution >= 4 is 11.2 Å². The Labute approximate surface area is 181 Å². The Hall–Kier alpha value is -1.88. The van der Waals surface area contributed by atoms with Gasteiger partial charge in [0.15, 0.2) is 5.65 Å². The summed E-state index contributed by atoms with van der Waals surface area (Å²) in [7, 11) is 1.55. The van der Waals surface area contributed by atoms with Crippen molar-refractivity contribution in [3.05, 3.63) is 23.7 Å². The van der Waals surface area contributed by atoms with E-state index in [1.165, 1.54) is 16.8 Å². The third-order valence-electron chi connectivity index (χ3n) is 6.94. The first-order chi connectivity index (χ1) is 14.9. The molecule has 0 spiro atoms. The second kappa shape index (κ2) is 8.16. The first-order valence-electron chi connectivity index (χ1n) is 10.8. The van der Waals surface area contributed by atoms with E-state index in [2.05, 4.69) is 15.3 Å². The second-order valence-corrected chi connectivity index (χ2v) is 9.03. The van der Waals surface area contributed by atoms with Gasteiger partial charge in [-0.25, -0.2) is 4.98 Å². The maximum atomic E-state index is 13.6. The number of halogens is 6. The van der Waals surface area contributed by atoms with Gasteiger partial charge in [0.25, 0.3) is 0 Å². The lowest BCUT2D eigenvalue weighted by atomic mass is 9.91. The van der Waals surface area contributed by atoms with Gasteiger partial charge in [0.1, 0.15) is 10.9 Å². The number of aromatic nitrogens is 3. The number of hydrogen-bond donors (Lipinski definition) is 2. The molecular formula is C21H26F6N4O. The number of fused-ring (bicyclic) bond motifs is 1. The predicted octanol–water partition coefficient (Wildman–Crippen LogP) is 4.70. The number of hydrogen-bond acceptors (Lipinski definition) is 4. The molecule has 32 heavy (non-hydrogen) atoms. The molecule has 11 heteroatoms. The number of aliphatic hydroxyl groups excluding tert-OH is 1. The lowest BCUT2D eigenvalue weighted by molar-refractivity contribution is -0.162. The van der Waals surface area contributed by atoms with Crippen LogP contribution in [0.4, 0.5) is 26.3 Å². The summed E-state index contributed by atoms with van der Waals surface area (Å²) in [6.45, 7) is -0.308. The smallest absolute Gasteiger partial charge is 0.395 e. The lowest BCUT2D eigenvalue weighted by Gasteiger charge is -2.27. The molecule has 0 radical (unpaired) electrons. The van der Waals surface area contributed by atoms with Crippen molar-refractivity contribution in [1.29, 1.82) is 0 Å². The Morgan fingerprint density at radius 1 is 1.19 bits per heavy atom. The molecule has 1 saturated carbocycles. The Morgan fingerprint density at radius 3 is 2.50 bits per heavy atom. The predicted molar refractivity (Wildman–Crippen MR) is 105 cm³/mol. The highest BCUT2D eigenvalue weighted by atomic mass is 19.4. The van der Waals surface area contributed by atoms with Gasteiger partial charge in [-0.2, -0.15) is 26.3 Å². The molecule has 2 N–H and O–H groups in total. The minimum absolute atomic E-state index is 0.0369. The van der Waals surface area contributed by atoms with E-state index >= 15 is 0 Å². The van der Waals surface area contributed by atoms with E-state index in [1.807, 2.05) is 0 Å². The van der Waals surface area contributed by atoms with E-state index in [9.17, 15) is 31.4 Å². The summed E-state index contributed by atoms with van der Waals surface area (Å²) in [5.41, 5.74) is -0.479. The average molecular weight is 464 g/mol.